The Hall–Kier alpha value is -0.900. The van der Waals surface area contributed by atoms with E-state index in [1.807, 2.05) is 29.6 Å². The van der Waals surface area contributed by atoms with E-state index < -0.39 is 0 Å². The summed E-state index contributed by atoms with van der Waals surface area (Å²) < 4.78 is 0. The van der Waals surface area contributed by atoms with Gasteiger partial charge in [-0.15, -0.1) is 0 Å². The van der Waals surface area contributed by atoms with Gasteiger partial charge in [0.25, 0.3) is 0 Å². The molecule has 0 radical (unpaired) electrons. The van der Waals surface area contributed by atoms with Crippen molar-refractivity contribution >= 4 is 23.5 Å². The molecule has 104 valence electrons. The molecule has 0 amide bonds. The largest absolute Gasteiger partial charge is 0.323 e. The Balaban J connectivity index is 1.75. The third kappa shape index (κ3) is 3.22. The third-order valence-corrected chi connectivity index (χ3v) is 6.53. The second-order valence-corrected chi connectivity index (χ2v) is 7.49. The molecule has 2 aromatic carbocycles. The topological polar surface area (TPSA) is 26.0 Å². The zero-order valence-corrected chi connectivity index (χ0v) is 13.0. The van der Waals surface area contributed by atoms with Gasteiger partial charge in [0, 0.05) is 28.6 Å². The molecule has 1 heterocycles. The van der Waals surface area contributed by atoms with Gasteiger partial charge in [-0.25, -0.2) is 0 Å². The van der Waals surface area contributed by atoms with Crippen molar-refractivity contribution in [3.63, 3.8) is 0 Å². The molecule has 1 saturated heterocycles. The predicted octanol–water partition coefficient (Wildman–Crippen LogP) is 4.20. The summed E-state index contributed by atoms with van der Waals surface area (Å²) in [6, 6.07) is 19.4. The van der Waals surface area contributed by atoms with Crippen LogP contribution < -0.4 is 5.73 Å². The molecule has 0 aromatic heterocycles. The van der Waals surface area contributed by atoms with Crippen molar-refractivity contribution in [1.82, 2.24) is 0 Å². The van der Waals surface area contributed by atoms with Crippen LogP contribution in [0.1, 0.15) is 11.6 Å². The smallest absolute Gasteiger partial charge is 0.0423 e. The average Bonchev–Trinajstić information content (AvgIpc) is 2.56. The zero-order valence-electron chi connectivity index (χ0n) is 11.4. The minimum atomic E-state index is 0.151. The number of nitrogens with two attached hydrogens (primary N) is 1. The van der Waals surface area contributed by atoms with Crippen LogP contribution in [0.15, 0.2) is 54.6 Å². The summed E-state index contributed by atoms with van der Waals surface area (Å²) in [5.41, 5.74) is 10.2. The zero-order chi connectivity index (χ0) is 13.8. The van der Waals surface area contributed by atoms with Crippen molar-refractivity contribution < 1.29 is 0 Å². The average molecular weight is 301 g/mol. The summed E-state index contributed by atoms with van der Waals surface area (Å²) in [5.74, 6) is 3.66. The molecule has 2 atom stereocenters. The van der Waals surface area contributed by atoms with Gasteiger partial charge in [0.1, 0.15) is 0 Å². The Morgan fingerprint density at radius 2 is 1.60 bits per heavy atom. The quantitative estimate of drug-likeness (QED) is 0.920. The lowest BCUT2D eigenvalue weighted by Crippen LogP contribution is -2.28. The van der Waals surface area contributed by atoms with Gasteiger partial charge in [0.05, 0.1) is 0 Å². The first kappa shape index (κ1) is 14.1. The van der Waals surface area contributed by atoms with Crippen LogP contribution in [-0.2, 0) is 0 Å². The minimum Gasteiger partial charge on any atom is -0.323 e. The van der Waals surface area contributed by atoms with Crippen LogP contribution in [0.5, 0.6) is 0 Å². The Labute approximate surface area is 129 Å². The maximum Gasteiger partial charge on any atom is 0.0423 e. The van der Waals surface area contributed by atoms with E-state index in [-0.39, 0.29) is 6.04 Å². The van der Waals surface area contributed by atoms with E-state index in [1.165, 1.54) is 33.9 Å². The molecule has 1 aliphatic heterocycles. The highest BCUT2D eigenvalue weighted by molar-refractivity contribution is 8.06. The highest BCUT2D eigenvalue weighted by Crippen LogP contribution is 2.32. The van der Waals surface area contributed by atoms with Crippen LogP contribution in [0.25, 0.3) is 11.1 Å². The summed E-state index contributed by atoms with van der Waals surface area (Å²) in [6.07, 6.45) is 0. The molecule has 3 heteroatoms. The first-order chi connectivity index (χ1) is 9.84. The lowest BCUT2D eigenvalue weighted by Gasteiger charge is -2.27. The van der Waals surface area contributed by atoms with Crippen LogP contribution in [0.2, 0.25) is 0 Å². The molecule has 0 saturated carbocycles. The van der Waals surface area contributed by atoms with Crippen LogP contribution in [0.3, 0.4) is 0 Å². The van der Waals surface area contributed by atoms with E-state index in [0.29, 0.717) is 5.25 Å². The van der Waals surface area contributed by atoms with Crippen LogP contribution in [-0.4, -0.2) is 22.5 Å². The molecule has 1 fully saturated rings. The number of rotatable bonds is 3. The van der Waals surface area contributed by atoms with E-state index >= 15 is 0 Å². The van der Waals surface area contributed by atoms with E-state index in [0.717, 1.165) is 0 Å². The van der Waals surface area contributed by atoms with E-state index in [9.17, 15) is 0 Å². The standard InChI is InChI=1S/C17H19NS2/c18-17(16-12-19-10-11-20-16)15-8-6-14(7-9-15)13-4-2-1-3-5-13/h1-9,16-17H,10-12,18H2. The Kier molecular flexibility index (Phi) is 4.71. The predicted molar refractivity (Wildman–Crippen MR) is 92.4 cm³/mol. The van der Waals surface area contributed by atoms with Crippen molar-refractivity contribution in [2.75, 3.05) is 17.3 Å². The van der Waals surface area contributed by atoms with Gasteiger partial charge in [-0.3, -0.25) is 0 Å². The SMILES string of the molecule is NC(c1ccc(-c2ccccc2)cc1)C1CSCCS1. The third-order valence-electron chi connectivity index (χ3n) is 3.64. The molecule has 0 bridgehead atoms. The van der Waals surface area contributed by atoms with Crippen LogP contribution in [0, 0.1) is 0 Å². The Morgan fingerprint density at radius 1 is 0.900 bits per heavy atom. The fraction of sp³-hybridized carbons (Fsp3) is 0.294. The monoisotopic (exact) mass is 301 g/mol. The number of hydrogen-bond acceptors (Lipinski definition) is 3. The van der Waals surface area contributed by atoms with Gasteiger partial charge in [0.2, 0.25) is 0 Å². The van der Waals surface area contributed by atoms with Crippen LogP contribution >= 0.6 is 23.5 Å². The van der Waals surface area contributed by atoms with Crippen molar-refractivity contribution in [2.24, 2.45) is 5.73 Å². The molecule has 1 nitrogen and oxygen atoms in total. The normalized spacial score (nSPS) is 20.6. The molecule has 3 rings (SSSR count). The second-order valence-electron chi connectivity index (χ2n) is 5.00. The first-order valence-corrected chi connectivity index (χ1v) is 9.15. The molecular formula is C17H19NS2. The van der Waals surface area contributed by atoms with Gasteiger partial charge < -0.3 is 5.73 Å². The van der Waals surface area contributed by atoms with Gasteiger partial charge >= 0.3 is 0 Å². The molecule has 2 N–H and O–H groups in total. The first-order valence-electron chi connectivity index (χ1n) is 6.95. The lowest BCUT2D eigenvalue weighted by atomic mass is 10.00. The minimum absolute atomic E-state index is 0.151. The summed E-state index contributed by atoms with van der Waals surface area (Å²) in [7, 11) is 0. The maximum absolute atomic E-state index is 6.42. The van der Waals surface area contributed by atoms with Gasteiger partial charge in [-0.05, 0) is 16.7 Å². The summed E-state index contributed by atoms with van der Waals surface area (Å²) in [5, 5.41) is 0.552. The molecule has 20 heavy (non-hydrogen) atoms. The summed E-state index contributed by atoms with van der Waals surface area (Å²) >= 11 is 4.05. The van der Waals surface area contributed by atoms with E-state index in [1.54, 1.807) is 0 Å². The molecule has 1 aliphatic rings. The fourth-order valence-electron chi connectivity index (χ4n) is 2.46. The Morgan fingerprint density at radius 3 is 2.25 bits per heavy atom. The van der Waals surface area contributed by atoms with E-state index in [2.05, 4.69) is 48.5 Å². The second kappa shape index (κ2) is 6.70. The van der Waals surface area contributed by atoms with Crippen LogP contribution in [0.4, 0.5) is 0 Å². The van der Waals surface area contributed by atoms with Gasteiger partial charge in [0.15, 0.2) is 0 Å². The van der Waals surface area contributed by atoms with Gasteiger partial charge in [-0.2, -0.15) is 23.5 Å². The highest BCUT2D eigenvalue weighted by atomic mass is 32.2. The number of thioether (sulfide) groups is 2. The number of hydrogen-bond donors (Lipinski definition) is 1. The maximum atomic E-state index is 6.42. The van der Waals surface area contributed by atoms with Crippen molar-refractivity contribution in [2.45, 2.75) is 11.3 Å². The summed E-state index contributed by atoms with van der Waals surface area (Å²) in [4.78, 5) is 0. The molecule has 0 spiro atoms. The highest BCUT2D eigenvalue weighted by Gasteiger charge is 2.22. The Bertz CT molecular complexity index is 533. The van der Waals surface area contributed by atoms with Crippen molar-refractivity contribution in [3.05, 3.63) is 60.2 Å². The fourth-order valence-corrected chi connectivity index (χ4v) is 5.26. The molecule has 2 aromatic rings. The lowest BCUT2D eigenvalue weighted by molar-refractivity contribution is 0.720. The summed E-state index contributed by atoms with van der Waals surface area (Å²) in [6.45, 7) is 0. The van der Waals surface area contributed by atoms with Gasteiger partial charge in [-0.1, -0.05) is 54.6 Å². The van der Waals surface area contributed by atoms with Crippen molar-refractivity contribution in [1.29, 1.82) is 0 Å². The van der Waals surface area contributed by atoms with E-state index in [4.69, 9.17) is 5.73 Å². The molecule has 0 aliphatic carbocycles. The number of benzene rings is 2. The van der Waals surface area contributed by atoms with Crippen molar-refractivity contribution in [3.8, 4) is 11.1 Å². The molecule has 2 unspecified atom stereocenters. The molecular weight excluding hydrogens is 282 g/mol.